The molecule has 0 saturated heterocycles. The lowest BCUT2D eigenvalue weighted by atomic mass is 9.82. The number of nitrogens with one attached hydrogen (secondary N) is 1. The van der Waals surface area contributed by atoms with Crippen molar-refractivity contribution in [2.45, 2.75) is 43.8 Å². The van der Waals surface area contributed by atoms with Gasteiger partial charge in [-0.2, -0.15) is 8.78 Å². The van der Waals surface area contributed by atoms with Gasteiger partial charge in [0, 0.05) is 29.7 Å². The zero-order valence-electron chi connectivity index (χ0n) is 22.1. The molecule has 13 heteroatoms. The van der Waals surface area contributed by atoms with Crippen LogP contribution in [0.15, 0.2) is 54.6 Å². The number of ether oxygens (including phenoxy) is 6. The fraction of sp³-hybridized carbons (Fsp3) is 0.310. The highest BCUT2D eigenvalue weighted by atomic mass is 19.3. The molecule has 0 spiro atoms. The van der Waals surface area contributed by atoms with Crippen LogP contribution in [-0.4, -0.2) is 38.5 Å². The van der Waals surface area contributed by atoms with Gasteiger partial charge in [0.25, 0.3) is 0 Å². The van der Waals surface area contributed by atoms with Gasteiger partial charge >= 0.3 is 18.9 Å². The summed E-state index contributed by atoms with van der Waals surface area (Å²) in [5.74, 6) is -1.13. The minimum absolute atomic E-state index is 0.0802. The summed E-state index contributed by atoms with van der Waals surface area (Å²) >= 11 is 0. The largest absolute Gasteiger partial charge is 0.586 e. The van der Waals surface area contributed by atoms with Crippen molar-refractivity contribution in [1.82, 2.24) is 5.32 Å². The van der Waals surface area contributed by atoms with E-state index >= 15 is 0 Å². The Balaban J connectivity index is 1.30. The summed E-state index contributed by atoms with van der Waals surface area (Å²) < 4.78 is 83.2. The summed E-state index contributed by atoms with van der Waals surface area (Å²) in [5.41, 5.74) is 0.535. The van der Waals surface area contributed by atoms with Crippen molar-refractivity contribution in [3.05, 3.63) is 76.9 Å². The molecule has 0 unspecified atom stereocenters. The van der Waals surface area contributed by atoms with Crippen molar-refractivity contribution in [2.24, 2.45) is 0 Å². The second-order valence-electron chi connectivity index (χ2n) is 10.1. The highest BCUT2D eigenvalue weighted by Gasteiger charge is 2.49. The van der Waals surface area contributed by atoms with Crippen molar-refractivity contribution in [3.8, 4) is 28.7 Å². The van der Waals surface area contributed by atoms with Crippen LogP contribution in [0.4, 0.5) is 17.6 Å². The van der Waals surface area contributed by atoms with Crippen molar-refractivity contribution >= 4 is 11.9 Å². The number of benzene rings is 3. The van der Waals surface area contributed by atoms with Crippen LogP contribution in [0.2, 0.25) is 0 Å². The third kappa shape index (κ3) is 4.88. The van der Waals surface area contributed by atoms with E-state index in [4.69, 9.17) is 14.2 Å². The van der Waals surface area contributed by atoms with E-state index in [0.29, 0.717) is 22.3 Å². The van der Waals surface area contributed by atoms with E-state index in [1.807, 2.05) is 0 Å². The van der Waals surface area contributed by atoms with Gasteiger partial charge in [-0.3, -0.25) is 4.79 Å². The molecule has 3 aliphatic rings. The average molecular weight is 589 g/mol. The van der Waals surface area contributed by atoms with Crippen LogP contribution in [0.3, 0.4) is 0 Å². The molecular weight excluding hydrogens is 566 g/mol. The van der Waals surface area contributed by atoms with E-state index in [1.165, 1.54) is 37.4 Å². The molecule has 1 amide bonds. The number of carbonyl (C=O) groups excluding carboxylic acids is 2. The molecule has 0 saturated carbocycles. The minimum atomic E-state index is -3.83. The second kappa shape index (κ2) is 10.00. The first kappa shape index (κ1) is 27.5. The topological polar surface area (TPSA) is 102 Å². The lowest BCUT2D eigenvalue weighted by Gasteiger charge is -2.35. The van der Waals surface area contributed by atoms with Crippen LogP contribution in [-0.2, 0) is 14.9 Å². The summed E-state index contributed by atoms with van der Waals surface area (Å²) in [5, 5.41) is 3.00. The number of fused-ring (bicyclic) bond motifs is 3. The van der Waals surface area contributed by atoms with Crippen LogP contribution in [0.25, 0.3) is 0 Å². The van der Waals surface area contributed by atoms with Gasteiger partial charge in [0.1, 0.15) is 35.4 Å². The fourth-order valence-electron chi connectivity index (χ4n) is 5.25. The average Bonchev–Trinajstić information content (AvgIpc) is 3.45. The number of hydrogen-bond acceptors (Lipinski definition) is 8. The van der Waals surface area contributed by atoms with Gasteiger partial charge in [0.05, 0.1) is 18.7 Å². The molecular formula is C29H23F4NO8. The van der Waals surface area contributed by atoms with Gasteiger partial charge in [-0.15, -0.1) is 8.78 Å². The van der Waals surface area contributed by atoms with Crippen LogP contribution >= 0.6 is 0 Å². The number of amides is 1. The van der Waals surface area contributed by atoms with Gasteiger partial charge in [-0.25, -0.2) is 4.79 Å². The lowest BCUT2D eigenvalue weighted by Crippen LogP contribution is -2.46. The quantitative estimate of drug-likeness (QED) is 0.300. The molecule has 3 atom stereocenters. The predicted molar refractivity (Wildman–Crippen MR) is 135 cm³/mol. The predicted octanol–water partition coefficient (Wildman–Crippen LogP) is 5.43. The molecule has 3 heterocycles. The number of esters is 1. The van der Waals surface area contributed by atoms with Crippen LogP contribution in [0.1, 0.15) is 52.5 Å². The minimum Gasteiger partial charge on any atom is -0.492 e. The van der Waals surface area contributed by atoms with Crippen LogP contribution in [0, 0.1) is 0 Å². The van der Waals surface area contributed by atoms with E-state index in [-0.39, 0.29) is 41.8 Å². The van der Waals surface area contributed by atoms with E-state index in [2.05, 4.69) is 19.5 Å². The van der Waals surface area contributed by atoms with E-state index in [9.17, 15) is 27.2 Å². The Morgan fingerprint density at radius 1 is 0.976 bits per heavy atom. The van der Waals surface area contributed by atoms with Gasteiger partial charge in [-0.1, -0.05) is 12.1 Å². The normalized spacial score (nSPS) is 22.8. The zero-order valence-corrected chi connectivity index (χ0v) is 22.1. The Hall–Kier alpha value is -4.68. The SMILES string of the molecule is COC(=O)c1ccc([C@H]2C[C@@H](NC(=O)[C@@]3(C)COc4cc5c(cc43)OC(F)(F)O5)c3ccc(OC(F)F)cc3O2)cc1. The first-order valence-electron chi connectivity index (χ1n) is 12.8. The fourth-order valence-corrected chi connectivity index (χ4v) is 5.25. The lowest BCUT2D eigenvalue weighted by molar-refractivity contribution is -0.286. The van der Waals surface area contributed by atoms with Gasteiger partial charge < -0.3 is 33.7 Å². The first-order chi connectivity index (χ1) is 20.0. The van der Waals surface area contributed by atoms with E-state index < -0.39 is 42.3 Å². The molecule has 0 aliphatic carbocycles. The summed E-state index contributed by atoms with van der Waals surface area (Å²) in [4.78, 5) is 25.7. The maximum absolute atomic E-state index is 13.8. The number of rotatable bonds is 6. The Labute approximate surface area is 236 Å². The molecule has 1 N–H and O–H groups in total. The van der Waals surface area contributed by atoms with Crippen molar-refractivity contribution < 1.29 is 55.6 Å². The molecule has 0 aromatic heterocycles. The Kier molecular flexibility index (Phi) is 6.54. The number of carbonyl (C=O) groups is 2. The van der Waals surface area contributed by atoms with Gasteiger partial charge in [-0.05, 0) is 42.8 Å². The zero-order chi connectivity index (χ0) is 29.8. The maximum atomic E-state index is 13.8. The summed E-state index contributed by atoms with van der Waals surface area (Å²) in [6, 6.07) is 12.5. The summed E-state index contributed by atoms with van der Waals surface area (Å²) in [7, 11) is 1.27. The highest BCUT2D eigenvalue weighted by Crippen LogP contribution is 2.50. The Morgan fingerprint density at radius 2 is 1.69 bits per heavy atom. The number of hydrogen-bond donors (Lipinski definition) is 1. The molecule has 3 aromatic rings. The monoisotopic (exact) mass is 589 g/mol. The molecule has 3 aliphatic heterocycles. The third-order valence-electron chi connectivity index (χ3n) is 7.43. The number of halogens is 4. The van der Waals surface area contributed by atoms with Crippen molar-refractivity contribution in [3.63, 3.8) is 0 Å². The molecule has 0 bridgehead atoms. The van der Waals surface area contributed by atoms with Gasteiger partial charge in [0.15, 0.2) is 11.5 Å². The first-order valence-corrected chi connectivity index (χ1v) is 12.8. The molecule has 0 fully saturated rings. The Morgan fingerprint density at radius 3 is 2.38 bits per heavy atom. The van der Waals surface area contributed by atoms with Crippen LogP contribution < -0.4 is 29.0 Å². The molecule has 0 radical (unpaired) electrons. The molecule has 6 rings (SSSR count). The molecule has 9 nitrogen and oxygen atoms in total. The third-order valence-corrected chi connectivity index (χ3v) is 7.43. The van der Waals surface area contributed by atoms with E-state index in [1.54, 1.807) is 31.2 Å². The summed E-state index contributed by atoms with van der Waals surface area (Å²) in [6.07, 6.45) is -4.24. The summed E-state index contributed by atoms with van der Waals surface area (Å²) in [6.45, 7) is -1.53. The van der Waals surface area contributed by atoms with E-state index in [0.717, 1.165) is 0 Å². The molecule has 3 aromatic carbocycles. The van der Waals surface area contributed by atoms with Gasteiger partial charge in [0.2, 0.25) is 5.91 Å². The highest BCUT2D eigenvalue weighted by molar-refractivity contribution is 5.91. The second-order valence-corrected chi connectivity index (χ2v) is 10.1. The van der Waals surface area contributed by atoms with Crippen molar-refractivity contribution in [2.75, 3.05) is 13.7 Å². The van der Waals surface area contributed by atoms with Crippen LogP contribution in [0.5, 0.6) is 28.7 Å². The smallest absolute Gasteiger partial charge is 0.492 e. The Bertz CT molecular complexity index is 1560. The molecule has 220 valence electrons. The number of alkyl halides is 4. The number of methoxy groups -OCH3 is 1. The maximum Gasteiger partial charge on any atom is 0.586 e. The molecule has 42 heavy (non-hydrogen) atoms. The van der Waals surface area contributed by atoms with Crippen molar-refractivity contribution in [1.29, 1.82) is 0 Å². The standard InChI is InChI=1S/C29H23F4NO8/c1-28(13-38-22-12-24-23(10-18(22)28)41-29(32,33)42-24)26(36)34-19-11-20(14-3-5-15(6-4-14)25(35)37-2)40-21-9-16(39-27(30)31)7-8-17(19)21/h3-10,12,19-20,27H,11,13H2,1-2H3,(H,34,36)/t19-,20-,28+/m1/s1.